The highest BCUT2D eigenvalue weighted by Gasteiger charge is 2.24. The lowest BCUT2D eigenvalue weighted by molar-refractivity contribution is -0.130. The number of rotatable bonds is 7. The van der Waals surface area contributed by atoms with Crippen molar-refractivity contribution in [2.75, 3.05) is 33.2 Å². The molecule has 2 aromatic carbocycles. The summed E-state index contributed by atoms with van der Waals surface area (Å²) in [6.45, 7) is 3.41. The van der Waals surface area contributed by atoms with Crippen LogP contribution in [0.3, 0.4) is 0 Å². The Kier molecular flexibility index (Phi) is 7.78. The molecule has 0 unspecified atom stereocenters. The lowest BCUT2D eigenvalue weighted by Crippen LogP contribution is -2.40. The highest BCUT2D eigenvalue weighted by molar-refractivity contribution is 6.30. The number of carbonyl (C=O) groups is 1. The van der Waals surface area contributed by atoms with Crippen molar-refractivity contribution in [3.63, 3.8) is 0 Å². The molecule has 162 valence electrons. The van der Waals surface area contributed by atoms with E-state index >= 15 is 0 Å². The summed E-state index contributed by atoms with van der Waals surface area (Å²) in [7, 11) is 1.63. The van der Waals surface area contributed by atoms with Crippen molar-refractivity contribution >= 4 is 17.5 Å². The zero-order valence-corrected chi connectivity index (χ0v) is 17.8. The van der Waals surface area contributed by atoms with Crippen molar-refractivity contribution in [1.82, 2.24) is 9.80 Å². The van der Waals surface area contributed by atoms with Gasteiger partial charge in [0, 0.05) is 30.7 Å². The number of carbonyl (C=O) groups excluding carboxylic acids is 1. The molecule has 1 aliphatic heterocycles. The van der Waals surface area contributed by atoms with Gasteiger partial charge in [0.05, 0.1) is 6.42 Å². The topological polar surface area (TPSA) is 23.6 Å². The van der Waals surface area contributed by atoms with E-state index in [1.807, 2.05) is 24.3 Å². The average Bonchev–Trinajstić information content (AvgIpc) is 2.74. The van der Waals surface area contributed by atoms with Crippen LogP contribution in [0.5, 0.6) is 0 Å². The lowest BCUT2D eigenvalue weighted by atomic mass is 9.95. The number of piperidine rings is 1. The first kappa shape index (κ1) is 22.6. The summed E-state index contributed by atoms with van der Waals surface area (Å²) < 4.78 is 40.9. The van der Waals surface area contributed by atoms with Crippen molar-refractivity contribution in [1.29, 1.82) is 0 Å². The molecule has 0 atom stereocenters. The summed E-state index contributed by atoms with van der Waals surface area (Å²) in [4.78, 5) is 16.3. The number of likely N-dealkylation sites (N-methyl/N-ethyl adjacent to an activating group) is 1. The molecule has 0 saturated carbocycles. The third-order valence-corrected chi connectivity index (χ3v) is 6.01. The van der Waals surface area contributed by atoms with Gasteiger partial charge in [0.25, 0.3) is 0 Å². The van der Waals surface area contributed by atoms with Gasteiger partial charge in [-0.2, -0.15) is 0 Å². The number of likely N-dealkylation sites (tertiary alicyclic amines) is 1. The minimum Gasteiger partial charge on any atom is -0.345 e. The van der Waals surface area contributed by atoms with E-state index in [0.29, 0.717) is 12.5 Å². The van der Waals surface area contributed by atoms with Crippen molar-refractivity contribution < 1.29 is 18.0 Å². The van der Waals surface area contributed by atoms with Gasteiger partial charge in [0.1, 0.15) is 5.82 Å². The van der Waals surface area contributed by atoms with Gasteiger partial charge < -0.3 is 9.80 Å². The molecule has 0 spiro atoms. The summed E-state index contributed by atoms with van der Waals surface area (Å²) in [6.07, 6.45) is 2.40. The Morgan fingerprint density at radius 1 is 1.07 bits per heavy atom. The Morgan fingerprint density at radius 3 is 2.37 bits per heavy atom. The first-order chi connectivity index (χ1) is 14.3. The molecule has 0 aromatic heterocycles. The first-order valence-electron chi connectivity index (χ1n) is 10.2. The number of benzene rings is 2. The third-order valence-electron chi connectivity index (χ3n) is 5.76. The largest absolute Gasteiger partial charge is 0.345 e. The highest BCUT2D eigenvalue weighted by Crippen LogP contribution is 2.21. The van der Waals surface area contributed by atoms with Crippen molar-refractivity contribution in [2.45, 2.75) is 25.7 Å². The Labute approximate surface area is 180 Å². The van der Waals surface area contributed by atoms with Gasteiger partial charge in [0.15, 0.2) is 11.6 Å². The molecule has 1 aliphatic rings. The molecular formula is C23H26ClF3N2O. The summed E-state index contributed by atoms with van der Waals surface area (Å²) in [5, 5.41) is 0.737. The number of hydrogen-bond acceptors (Lipinski definition) is 2. The first-order valence-corrected chi connectivity index (χ1v) is 10.5. The van der Waals surface area contributed by atoms with Crippen LogP contribution in [-0.4, -0.2) is 48.9 Å². The van der Waals surface area contributed by atoms with E-state index in [4.69, 9.17) is 11.6 Å². The second-order valence-corrected chi connectivity index (χ2v) is 8.37. The van der Waals surface area contributed by atoms with E-state index in [-0.39, 0.29) is 0 Å². The third kappa shape index (κ3) is 5.99. The van der Waals surface area contributed by atoms with Crippen LogP contribution in [0.4, 0.5) is 13.2 Å². The van der Waals surface area contributed by atoms with Crippen molar-refractivity contribution in [2.24, 2.45) is 5.92 Å². The maximum atomic E-state index is 13.8. The number of hydrogen-bond donors (Lipinski definition) is 0. The Morgan fingerprint density at radius 2 is 1.70 bits per heavy atom. The van der Waals surface area contributed by atoms with Gasteiger partial charge >= 0.3 is 0 Å². The molecule has 1 fully saturated rings. The van der Waals surface area contributed by atoms with Crippen LogP contribution >= 0.6 is 11.6 Å². The highest BCUT2D eigenvalue weighted by atomic mass is 35.5. The molecule has 30 heavy (non-hydrogen) atoms. The van der Waals surface area contributed by atoms with Crippen LogP contribution in [0, 0.1) is 23.4 Å². The second-order valence-electron chi connectivity index (χ2n) is 7.93. The smallest absolute Gasteiger partial charge is 0.226 e. The zero-order chi connectivity index (χ0) is 21.7. The van der Waals surface area contributed by atoms with Gasteiger partial charge in [0.2, 0.25) is 5.91 Å². The van der Waals surface area contributed by atoms with E-state index in [2.05, 4.69) is 4.90 Å². The van der Waals surface area contributed by atoms with Gasteiger partial charge in [-0.25, -0.2) is 13.2 Å². The molecule has 2 aromatic rings. The molecule has 1 heterocycles. The molecule has 7 heteroatoms. The fraction of sp³-hybridized carbons (Fsp3) is 0.435. The SMILES string of the molecule is CN(CC1CCN(CCc2ccc(Cl)cc2)CC1)C(=O)Cc1c(F)ccc(F)c1F. The van der Waals surface area contributed by atoms with Crippen molar-refractivity contribution in [3.8, 4) is 0 Å². The molecule has 0 radical (unpaired) electrons. The molecule has 3 rings (SSSR count). The summed E-state index contributed by atoms with van der Waals surface area (Å²) in [6, 6.07) is 9.46. The standard InChI is InChI=1S/C23H26ClF3N2O/c1-28(22(30)14-19-20(25)6-7-21(26)23(19)27)15-17-9-12-29(13-10-17)11-8-16-2-4-18(24)5-3-16/h2-7,17H,8-15H2,1H3. The number of nitrogens with zero attached hydrogens (tertiary/aromatic N) is 2. The quantitative estimate of drug-likeness (QED) is 0.584. The average molecular weight is 439 g/mol. The Bertz CT molecular complexity index is 867. The maximum Gasteiger partial charge on any atom is 0.226 e. The van der Waals surface area contributed by atoms with E-state index in [1.54, 1.807) is 7.05 Å². The van der Waals surface area contributed by atoms with Crippen molar-refractivity contribution in [3.05, 3.63) is 70.0 Å². The van der Waals surface area contributed by atoms with Gasteiger partial charge in [-0.1, -0.05) is 23.7 Å². The molecule has 1 saturated heterocycles. The molecular weight excluding hydrogens is 413 g/mol. The predicted molar refractivity (Wildman–Crippen MR) is 112 cm³/mol. The molecule has 3 nitrogen and oxygen atoms in total. The van der Waals surface area contributed by atoms with E-state index < -0.39 is 35.3 Å². The number of halogens is 4. The van der Waals surface area contributed by atoms with Crippen LogP contribution in [-0.2, 0) is 17.6 Å². The predicted octanol–water partition coefficient (Wildman–Crippen LogP) is 4.71. The zero-order valence-electron chi connectivity index (χ0n) is 17.0. The Balaban J connectivity index is 1.43. The second kappa shape index (κ2) is 10.3. The normalized spacial score (nSPS) is 15.4. The van der Waals surface area contributed by atoms with Crippen LogP contribution < -0.4 is 0 Å². The van der Waals surface area contributed by atoms with E-state index in [1.165, 1.54) is 10.5 Å². The van der Waals surface area contributed by atoms with Crippen LogP contribution in [0.25, 0.3) is 0 Å². The summed E-state index contributed by atoms with van der Waals surface area (Å²) in [5.41, 5.74) is 0.743. The van der Waals surface area contributed by atoms with E-state index in [0.717, 1.165) is 56.1 Å². The summed E-state index contributed by atoms with van der Waals surface area (Å²) >= 11 is 5.92. The minimum atomic E-state index is -1.29. The summed E-state index contributed by atoms with van der Waals surface area (Å²) in [5.74, 6) is -3.40. The van der Waals surface area contributed by atoms with E-state index in [9.17, 15) is 18.0 Å². The lowest BCUT2D eigenvalue weighted by Gasteiger charge is -2.34. The molecule has 0 aliphatic carbocycles. The fourth-order valence-corrected chi connectivity index (χ4v) is 3.96. The minimum absolute atomic E-state index is 0.341. The Hall–Kier alpha value is -2.05. The molecule has 1 amide bonds. The monoisotopic (exact) mass is 438 g/mol. The van der Waals surface area contributed by atoms with Gasteiger partial charge in [-0.3, -0.25) is 4.79 Å². The van der Waals surface area contributed by atoms with Gasteiger partial charge in [-0.15, -0.1) is 0 Å². The van der Waals surface area contributed by atoms with Crippen LogP contribution in [0.2, 0.25) is 5.02 Å². The van der Waals surface area contributed by atoms with Gasteiger partial charge in [-0.05, 0) is 68.1 Å². The fourth-order valence-electron chi connectivity index (χ4n) is 3.84. The molecule has 0 N–H and O–H groups in total. The molecule has 0 bridgehead atoms. The van der Waals surface area contributed by atoms with Crippen LogP contribution in [0.1, 0.15) is 24.0 Å². The maximum absolute atomic E-state index is 13.8. The van der Waals surface area contributed by atoms with Crippen LogP contribution in [0.15, 0.2) is 36.4 Å². The number of amides is 1.